The summed E-state index contributed by atoms with van der Waals surface area (Å²) >= 11 is 5.84. The van der Waals surface area contributed by atoms with Crippen molar-refractivity contribution in [2.75, 3.05) is 0 Å². The van der Waals surface area contributed by atoms with Crippen molar-refractivity contribution in [3.63, 3.8) is 0 Å². The molecular weight excluding hydrogens is 244 g/mol. The number of hydrogen-bond acceptors (Lipinski definition) is 1. The van der Waals surface area contributed by atoms with Crippen LogP contribution in [0.5, 0.6) is 11.5 Å². The molecule has 0 unspecified atom stereocenters. The van der Waals surface area contributed by atoms with Crippen molar-refractivity contribution in [2.45, 2.75) is 0 Å². The molecule has 0 aromatic heterocycles. The topological polar surface area (TPSA) is 9.23 Å². The number of hydrogen-bond donors (Lipinski definition) is 0. The Morgan fingerprint density at radius 2 is 1.33 bits per heavy atom. The first-order valence-corrected chi connectivity index (χ1v) is 6.11. The van der Waals surface area contributed by atoms with Crippen molar-refractivity contribution in [3.05, 3.63) is 71.8 Å². The molecule has 2 heteroatoms. The molecule has 0 aliphatic heterocycles. The minimum absolute atomic E-state index is 0.709. The Hall–Kier alpha value is -1.99. The molecule has 0 spiro atoms. The van der Waals surface area contributed by atoms with Gasteiger partial charge in [-0.25, -0.2) is 0 Å². The van der Waals surface area contributed by atoms with E-state index >= 15 is 0 Å². The Kier molecular flexibility index (Phi) is 2.91. The molecule has 0 atom stereocenters. The molecule has 0 fully saturated rings. The molecule has 3 aromatic carbocycles. The molecule has 1 nitrogen and oxygen atoms in total. The smallest absolute Gasteiger partial charge is 0.128 e. The van der Waals surface area contributed by atoms with Crippen molar-refractivity contribution in [1.82, 2.24) is 0 Å². The van der Waals surface area contributed by atoms with Gasteiger partial charge in [-0.15, -0.1) is 0 Å². The largest absolute Gasteiger partial charge is 0.457 e. The Morgan fingerprint density at radius 1 is 0.667 bits per heavy atom. The van der Waals surface area contributed by atoms with Gasteiger partial charge in [-0.05, 0) is 47.2 Å². The third kappa shape index (κ3) is 2.31. The summed E-state index contributed by atoms with van der Waals surface area (Å²) in [4.78, 5) is 0. The maximum absolute atomic E-state index is 5.84. The average Bonchev–Trinajstić information content (AvgIpc) is 2.41. The van der Waals surface area contributed by atoms with Gasteiger partial charge in [0.05, 0.1) is 0 Å². The lowest BCUT2D eigenvalue weighted by molar-refractivity contribution is 0.483. The van der Waals surface area contributed by atoms with E-state index in [1.54, 1.807) is 0 Å². The fourth-order valence-corrected chi connectivity index (χ4v) is 2.00. The van der Waals surface area contributed by atoms with Gasteiger partial charge in [0.15, 0.2) is 0 Å². The van der Waals surface area contributed by atoms with Crippen LogP contribution in [0.4, 0.5) is 0 Å². The Balaban J connectivity index is 1.92. The fraction of sp³-hybridized carbons (Fsp3) is 0. The summed E-state index contributed by atoms with van der Waals surface area (Å²) < 4.78 is 5.78. The molecule has 3 rings (SSSR count). The van der Waals surface area contributed by atoms with E-state index in [-0.39, 0.29) is 0 Å². The first-order valence-electron chi connectivity index (χ1n) is 5.73. The summed E-state index contributed by atoms with van der Waals surface area (Å²) in [5.74, 6) is 1.62. The molecule has 0 saturated heterocycles. The third-order valence-electron chi connectivity index (χ3n) is 2.77. The van der Waals surface area contributed by atoms with Gasteiger partial charge < -0.3 is 4.74 Å². The van der Waals surface area contributed by atoms with Crippen LogP contribution in [-0.4, -0.2) is 0 Å². The highest BCUT2D eigenvalue weighted by atomic mass is 35.5. The molecule has 0 heterocycles. The van der Waals surface area contributed by atoms with Crippen LogP contribution < -0.4 is 4.74 Å². The highest BCUT2D eigenvalue weighted by molar-refractivity contribution is 6.30. The van der Waals surface area contributed by atoms with Crippen molar-refractivity contribution >= 4 is 22.4 Å². The van der Waals surface area contributed by atoms with Crippen LogP contribution >= 0.6 is 11.6 Å². The summed E-state index contributed by atoms with van der Waals surface area (Å²) in [6, 6.07) is 21.6. The van der Waals surface area contributed by atoms with Crippen LogP contribution in [0.3, 0.4) is 0 Å². The number of benzene rings is 3. The summed E-state index contributed by atoms with van der Waals surface area (Å²) in [5, 5.41) is 3.09. The van der Waals surface area contributed by atoms with E-state index in [0.29, 0.717) is 5.02 Å². The van der Waals surface area contributed by atoms with Gasteiger partial charge in [-0.3, -0.25) is 0 Å². The van der Waals surface area contributed by atoms with Crippen LogP contribution in [0.1, 0.15) is 0 Å². The van der Waals surface area contributed by atoms with Gasteiger partial charge in [0.2, 0.25) is 0 Å². The van der Waals surface area contributed by atoms with Crippen LogP contribution in [0.2, 0.25) is 5.02 Å². The summed E-state index contributed by atoms with van der Waals surface area (Å²) in [5.41, 5.74) is 0. The van der Waals surface area contributed by atoms with Crippen LogP contribution in [-0.2, 0) is 0 Å². The molecule has 0 radical (unpaired) electrons. The van der Waals surface area contributed by atoms with Crippen LogP contribution in [0.15, 0.2) is 66.7 Å². The first-order chi connectivity index (χ1) is 8.81. The quantitative estimate of drug-likeness (QED) is 0.604. The van der Waals surface area contributed by atoms with Gasteiger partial charge >= 0.3 is 0 Å². The molecular formula is C16H11ClO. The van der Waals surface area contributed by atoms with Crippen LogP contribution in [0.25, 0.3) is 10.8 Å². The summed E-state index contributed by atoms with van der Waals surface area (Å²) in [6.07, 6.45) is 0. The Morgan fingerprint density at radius 3 is 2.11 bits per heavy atom. The fourth-order valence-electron chi connectivity index (χ4n) is 1.87. The van der Waals surface area contributed by atoms with E-state index < -0.39 is 0 Å². The minimum Gasteiger partial charge on any atom is -0.457 e. The maximum Gasteiger partial charge on any atom is 0.128 e. The normalized spacial score (nSPS) is 10.5. The number of ether oxygens (including phenoxy) is 1. The number of fused-ring (bicyclic) bond motifs is 1. The van der Waals surface area contributed by atoms with E-state index in [0.717, 1.165) is 11.5 Å². The number of halogens is 1. The van der Waals surface area contributed by atoms with E-state index in [1.807, 2.05) is 48.5 Å². The second-order valence-corrected chi connectivity index (χ2v) is 4.50. The van der Waals surface area contributed by atoms with Gasteiger partial charge in [0.25, 0.3) is 0 Å². The first kappa shape index (κ1) is 11.1. The zero-order chi connectivity index (χ0) is 12.4. The molecule has 0 bridgehead atoms. The zero-order valence-corrected chi connectivity index (χ0v) is 10.4. The van der Waals surface area contributed by atoms with Gasteiger partial charge in [-0.2, -0.15) is 0 Å². The van der Waals surface area contributed by atoms with Crippen molar-refractivity contribution < 1.29 is 4.74 Å². The SMILES string of the molecule is Clc1ccc(Oc2ccc3ccccc3c2)cc1. The van der Waals surface area contributed by atoms with Gasteiger partial charge in [0.1, 0.15) is 11.5 Å². The second-order valence-electron chi connectivity index (χ2n) is 4.06. The predicted molar refractivity (Wildman–Crippen MR) is 75.5 cm³/mol. The molecule has 0 aliphatic rings. The molecule has 0 aliphatic carbocycles. The second kappa shape index (κ2) is 4.71. The van der Waals surface area contributed by atoms with Gasteiger partial charge in [-0.1, -0.05) is 41.9 Å². The summed E-state index contributed by atoms with van der Waals surface area (Å²) in [6.45, 7) is 0. The maximum atomic E-state index is 5.84. The Labute approximate surface area is 111 Å². The molecule has 18 heavy (non-hydrogen) atoms. The van der Waals surface area contributed by atoms with Crippen molar-refractivity contribution in [2.24, 2.45) is 0 Å². The standard InChI is InChI=1S/C16H11ClO/c17-14-6-9-15(10-7-14)18-16-8-5-12-3-1-2-4-13(12)11-16/h1-11H. The van der Waals surface area contributed by atoms with E-state index in [4.69, 9.17) is 16.3 Å². The molecule has 3 aromatic rings. The highest BCUT2D eigenvalue weighted by Gasteiger charge is 1.99. The minimum atomic E-state index is 0.709. The highest BCUT2D eigenvalue weighted by Crippen LogP contribution is 2.26. The molecule has 0 saturated carbocycles. The lowest BCUT2D eigenvalue weighted by Crippen LogP contribution is -1.83. The Bertz CT molecular complexity index is 674. The van der Waals surface area contributed by atoms with Crippen LogP contribution in [0, 0.1) is 0 Å². The average molecular weight is 255 g/mol. The van der Waals surface area contributed by atoms with Gasteiger partial charge in [0, 0.05) is 5.02 Å². The zero-order valence-electron chi connectivity index (χ0n) is 9.64. The third-order valence-corrected chi connectivity index (χ3v) is 3.02. The van der Waals surface area contributed by atoms with E-state index in [2.05, 4.69) is 18.2 Å². The van der Waals surface area contributed by atoms with E-state index in [1.165, 1.54) is 10.8 Å². The molecule has 88 valence electrons. The predicted octanol–water partition coefficient (Wildman–Crippen LogP) is 5.29. The summed E-state index contributed by atoms with van der Waals surface area (Å²) in [7, 11) is 0. The lowest BCUT2D eigenvalue weighted by Gasteiger charge is -2.06. The van der Waals surface area contributed by atoms with Crippen molar-refractivity contribution in [3.8, 4) is 11.5 Å². The van der Waals surface area contributed by atoms with Crippen molar-refractivity contribution in [1.29, 1.82) is 0 Å². The number of rotatable bonds is 2. The molecule has 0 amide bonds. The van der Waals surface area contributed by atoms with E-state index in [9.17, 15) is 0 Å². The molecule has 0 N–H and O–H groups in total. The monoisotopic (exact) mass is 254 g/mol. The lowest BCUT2D eigenvalue weighted by atomic mass is 10.1.